The van der Waals surface area contributed by atoms with E-state index in [1.54, 1.807) is 12.1 Å². The molecule has 1 N–H and O–H groups in total. The Kier molecular flexibility index (Phi) is 6.74. The Morgan fingerprint density at radius 1 is 1.41 bits per heavy atom. The fraction of sp³-hybridized carbons (Fsp3) is 0.462. The first-order valence-electron chi connectivity index (χ1n) is 5.89. The van der Waals surface area contributed by atoms with Crippen LogP contribution in [-0.2, 0) is 4.74 Å². The molecule has 1 aromatic carbocycles. The lowest BCUT2D eigenvalue weighted by Gasteiger charge is -2.06. The van der Waals surface area contributed by atoms with Crippen LogP contribution >= 0.6 is 12.6 Å². The van der Waals surface area contributed by atoms with E-state index in [1.807, 2.05) is 12.1 Å². The van der Waals surface area contributed by atoms with E-state index in [9.17, 15) is 4.79 Å². The van der Waals surface area contributed by atoms with E-state index >= 15 is 0 Å². The average molecular weight is 253 g/mol. The molecule has 0 aliphatic rings. The molecule has 17 heavy (non-hydrogen) atoms. The largest absolute Gasteiger partial charge is 0.381 e. The minimum absolute atomic E-state index is 0.0589. The lowest BCUT2D eigenvalue weighted by molar-refractivity contribution is 0.0941. The standard InChI is InChI=1S/C13H19NO2S/c1-2-8-16-9-4-7-14-13(15)11-5-3-6-12(17)10-11/h3,5-6,10,17H,2,4,7-9H2,1H3,(H,14,15). The summed E-state index contributed by atoms with van der Waals surface area (Å²) in [5, 5.41) is 2.85. The molecule has 0 fully saturated rings. The van der Waals surface area contributed by atoms with Crippen LogP contribution in [0.5, 0.6) is 0 Å². The molecule has 0 spiro atoms. The van der Waals surface area contributed by atoms with Crippen LogP contribution in [0.15, 0.2) is 29.2 Å². The highest BCUT2D eigenvalue weighted by atomic mass is 32.1. The minimum atomic E-state index is -0.0589. The van der Waals surface area contributed by atoms with Crippen molar-refractivity contribution in [2.75, 3.05) is 19.8 Å². The summed E-state index contributed by atoms with van der Waals surface area (Å²) in [7, 11) is 0. The molecule has 0 atom stereocenters. The molecule has 0 saturated heterocycles. The Hall–Kier alpha value is -1.00. The zero-order chi connectivity index (χ0) is 12.5. The molecular weight excluding hydrogens is 234 g/mol. The number of benzene rings is 1. The van der Waals surface area contributed by atoms with Gasteiger partial charge in [-0.1, -0.05) is 13.0 Å². The van der Waals surface area contributed by atoms with E-state index < -0.39 is 0 Å². The molecule has 0 unspecified atom stereocenters. The van der Waals surface area contributed by atoms with Gasteiger partial charge in [-0.05, 0) is 31.0 Å². The topological polar surface area (TPSA) is 38.3 Å². The number of thiol groups is 1. The first-order chi connectivity index (χ1) is 8.24. The van der Waals surface area contributed by atoms with Crippen molar-refractivity contribution < 1.29 is 9.53 Å². The third kappa shape index (κ3) is 5.75. The molecule has 3 nitrogen and oxygen atoms in total. The Morgan fingerprint density at radius 2 is 2.24 bits per heavy atom. The molecule has 0 saturated carbocycles. The van der Waals surface area contributed by atoms with Crippen LogP contribution in [0.25, 0.3) is 0 Å². The number of ether oxygens (including phenoxy) is 1. The summed E-state index contributed by atoms with van der Waals surface area (Å²) >= 11 is 4.20. The van der Waals surface area contributed by atoms with Gasteiger partial charge in [-0.3, -0.25) is 4.79 Å². The van der Waals surface area contributed by atoms with Gasteiger partial charge in [0.1, 0.15) is 0 Å². The van der Waals surface area contributed by atoms with Gasteiger partial charge in [-0.25, -0.2) is 0 Å². The van der Waals surface area contributed by atoms with Gasteiger partial charge in [0.25, 0.3) is 5.91 Å². The molecule has 1 rings (SSSR count). The second-order valence-corrected chi connectivity index (χ2v) is 4.29. The van der Waals surface area contributed by atoms with Crippen molar-refractivity contribution in [3.8, 4) is 0 Å². The van der Waals surface area contributed by atoms with E-state index in [0.29, 0.717) is 18.7 Å². The van der Waals surface area contributed by atoms with Crippen LogP contribution < -0.4 is 5.32 Å². The number of rotatable bonds is 7. The lowest BCUT2D eigenvalue weighted by atomic mass is 10.2. The molecule has 0 aliphatic carbocycles. The highest BCUT2D eigenvalue weighted by Crippen LogP contribution is 2.08. The minimum Gasteiger partial charge on any atom is -0.381 e. The SMILES string of the molecule is CCCOCCCNC(=O)c1cccc(S)c1. The summed E-state index contributed by atoms with van der Waals surface area (Å²) in [5.74, 6) is -0.0589. The summed E-state index contributed by atoms with van der Waals surface area (Å²) in [6.07, 6.45) is 1.87. The Balaban J connectivity index is 2.21. The summed E-state index contributed by atoms with van der Waals surface area (Å²) in [5.41, 5.74) is 0.645. The average Bonchev–Trinajstić information content (AvgIpc) is 2.33. The Bertz CT molecular complexity index is 355. The molecule has 0 bridgehead atoms. The van der Waals surface area contributed by atoms with Gasteiger partial charge < -0.3 is 10.1 Å². The van der Waals surface area contributed by atoms with Crippen molar-refractivity contribution >= 4 is 18.5 Å². The van der Waals surface area contributed by atoms with Crippen LogP contribution in [0.3, 0.4) is 0 Å². The molecule has 0 radical (unpaired) electrons. The van der Waals surface area contributed by atoms with Gasteiger partial charge in [0, 0.05) is 30.2 Å². The third-order valence-electron chi connectivity index (χ3n) is 2.21. The highest BCUT2D eigenvalue weighted by Gasteiger charge is 2.03. The molecule has 94 valence electrons. The van der Waals surface area contributed by atoms with Crippen molar-refractivity contribution in [2.45, 2.75) is 24.7 Å². The number of amides is 1. The summed E-state index contributed by atoms with van der Waals surface area (Å²) in [4.78, 5) is 12.5. The molecule has 0 aromatic heterocycles. The maximum Gasteiger partial charge on any atom is 0.251 e. The quantitative estimate of drug-likeness (QED) is 0.579. The first kappa shape index (κ1) is 14.1. The predicted molar refractivity (Wildman–Crippen MR) is 71.8 cm³/mol. The van der Waals surface area contributed by atoms with Crippen LogP contribution in [0.4, 0.5) is 0 Å². The lowest BCUT2D eigenvalue weighted by Crippen LogP contribution is -2.25. The van der Waals surface area contributed by atoms with E-state index in [0.717, 1.165) is 24.3 Å². The Morgan fingerprint density at radius 3 is 2.94 bits per heavy atom. The van der Waals surface area contributed by atoms with Crippen molar-refractivity contribution in [2.24, 2.45) is 0 Å². The van der Waals surface area contributed by atoms with Crippen LogP contribution in [0, 0.1) is 0 Å². The summed E-state index contributed by atoms with van der Waals surface area (Å²) < 4.78 is 5.33. The number of carbonyl (C=O) groups is 1. The maximum absolute atomic E-state index is 11.7. The second-order valence-electron chi connectivity index (χ2n) is 3.77. The Labute approximate surface area is 108 Å². The maximum atomic E-state index is 11.7. The number of carbonyl (C=O) groups excluding carboxylic acids is 1. The summed E-state index contributed by atoms with van der Waals surface area (Å²) in [6, 6.07) is 7.20. The second kappa shape index (κ2) is 8.14. The number of hydrogen-bond donors (Lipinski definition) is 2. The number of nitrogens with one attached hydrogen (secondary N) is 1. The molecule has 0 aliphatic heterocycles. The van der Waals surface area contributed by atoms with Gasteiger partial charge in [-0.15, -0.1) is 12.6 Å². The zero-order valence-electron chi connectivity index (χ0n) is 10.1. The monoisotopic (exact) mass is 253 g/mol. The molecule has 4 heteroatoms. The van der Waals surface area contributed by atoms with E-state index in [-0.39, 0.29) is 5.91 Å². The highest BCUT2D eigenvalue weighted by molar-refractivity contribution is 7.80. The molecule has 0 heterocycles. The molecule has 1 amide bonds. The zero-order valence-corrected chi connectivity index (χ0v) is 11.0. The van der Waals surface area contributed by atoms with E-state index in [1.165, 1.54) is 0 Å². The van der Waals surface area contributed by atoms with E-state index in [4.69, 9.17) is 4.74 Å². The van der Waals surface area contributed by atoms with Gasteiger partial charge in [0.05, 0.1) is 0 Å². The van der Waals surface area contributed by atoms with Crippen LogP contribution in [0.2, 0.25) is 0 Å². The van der Waals surface area contributed by atoms with Gasteiger partial charge in [-0.2, -0.15) is 0 Å². The summed E-state index contributed by atoms with van der Waals surface area (Å²) in [6.45, 7) is 4.20. The molecule has 1 aromatic rings. The normalized spacial score (nSPS) is 10.2. The fourth-order valence-electron chi connectivity index (χ4n) is 1.37. The van der Waals surface area contributed by atoms with Crippen molar-refractivity contribution in [3.63, 3.8) is 0 Å². The molecular formula is C13H19NO2S. The third-order valence-corrected chi connectivity index (χ3v) is 2.49. The number of hydrogen-bond acceptors (Lipinski definition) is 3. The predicted octanol–water partition coefficient (Wildman–Crippen LogP) is 2.52. The van der Waals surface area contributed by atoms with Crippen molar-refractivity contribution in [1.82, 2.24) is 5.32 Å². The van der Waals surface area contributed by atoms with Crippen LogP contribution in [0.1, 0.15) is 30.1 Å². The van der Waals surface area contributed by atoms with Crippen LogP contribution in [-0.4, -0.2) is 25.7 Å². The van der Waals surface area contributed by atoms with Gasteiger partial charge >= 0.3 is 0 Å². The van der Waals surface area contributed by atoms with Crippen molar-refractivity contribution in [1.29, 1.82) is 0 Å². The van der Waals surface area contributed by atoms with E-state index in [2.05, 4.69) is 24.9 Å². The fourth-order valence-corrected chi connectivity index (χ4v) is 1.60. The van der Waals surface area contributed by atoms with Gasteiger partial charge in [0.2, 0.25) is 0 Å². The smallest absolute Gasteiger partial charge is 0.251 e. The van der Waals surface area contributed by atoms with Gasteiger partial charge in [0.15, 0.2) is 0 Å². The van der Waals surface area contributed by atoms with Crippen molar-refractivity contribution in [3.05, 3.63) is 29.8 Å². The first-order valence-corrected chi connectivity index (χ1v) is 6.33.